The van der Waals surface area contributed by atoms with Crippen LogP contribution in [0, 0.1) is 17.8 Å². The maximum atomic E-state index is 12.0. The van der Waals surface area contributed by atoms with E-state index in [4.69, 9.17) is 10.5 Å². The number of ether oxygens (including phenoxy) is 1. The molecule has 0 saturated heterocycles. The molecule has 1 aromatic carbocycles. The van der Waals surface area contributed by atoms with E-state index in [0.29, 0.717) is 0 Å². The molecule has 0 fully saturated rings. The summed E-state index contributed by atoms with van der Waals surface area (Å²) in [4.78, 5) is 12.0. The molecule has 19 heavy (non-hydrogen) atoms. The summed E-state index contributed by atoms with van der Waals surface area (Å²) in [5, 5.41) is 0. The standard InChI is InChI=1S/C16H19NO2/c1-4-5-9-13(2)16(3,17)15(18)19-12-14-10-7-6-8-11-14/h4,6-8,10-11,13H,1,12,17H2,2-3H3/t13-,16+/m1/s1. The van der Waals surface area contributed by atoms with Crippen LogP contribution in [0.3, 0.4) is 0 Å². The van der Waals surface area contributed by atoms with Gasteiger partial charge in [0.05, 0.1) is 0 Å². The molecule has 0 amide bonds. The zero-order chi connectivity index (χ0) is 14.3. The van der Waals surface area contributed by atoms with Gasteiger partial charge in [0.1, 0.15) is 12.1 Å². The molecule has 0 aliphatic carbocycles. The molecule has 3 nitrogen and oxygen atoms in total. The first-order chi connectivity index (χ1) is 8.98. The highest BCUT2D eigenvalue weighted by Crippen LogP contribution is 2.16. The summed E-state index contributed by atoms with van der Waals surface area (Å²) in [6.07, 6.45) is 1.47. The number of nitrogens with two attached hydrogens (primary N) is 1. The van der Waals surface area contributed by atoms with Gasteiger partial charge in [-0.05, 0) is 25.5 Å². The molecule has 3 heteroatoms. The smallest absolute Gasteiger partial charge is 0.327 e. The molecule has 1 aromatic rings. The van der Waals surface area contributed by atoms with Gasteiger partial charge in [-0.3, -0.25) is 4.79 Å². The van der Waals surface area contributed by atoms with Gasteiger partial charge in [0.2, 0.25) is 0 Å². The fraction of sp³-hybridized carbons (Fsp3) is 0.312. The van der Waals surface area contributed by atoms with E-state index < -0.39 is 11.5 Å². The highest BCUT2D eigenvalue weighted by Gasteiger charge is 2.35. The van der Waals surface area contributed by atoms with Crippen LogP contribution in [0.5, 0.6) is 0 Å². The van der Waals surface area contributed by atoms with Crippen molar-refractivity contribution in [2.45, 2.75) is 26.0 Å². The summed E-state index contributed by atoms with van der Waals surface area (Å²) in [5.41, 5.74) is 5.79. The molecule has 0 radical (unpaired) electrons. The molecule has 0 spiro atoms. The van der Waals surface area contributed by atoms with Crippen molar-refractivity contribution >= 4 is 5.97 Å². The van der Waals surface area contributed by atoms with Crippen molar-refractivity contribution in [3.05, 3.63) is 48.6 Å². The average Bonchev–Trinajstić information content (AvgIpc) is 2.42. The predicted octanol–water partition coefficient (Wildman–Crippen LogP) is 2.27. The number of hydrogen-bond donors (Lipinski definition) is 1. The fourth-order valence-electron chi connectivity index (χ4n) is 1.39. The van der Waals surface area contributed by atoms with Gasteiger partial charge in [0, 0.05) is 5.92 Å². The van der Waals surface area contributed by atoms with E-state index in [1.165, 1.54) is 6.08 Å². The first kappa shape index (κ1) is 15.0. The van der Waals surface area contributed by atoms with Crippen molar-refractivity contribution in [1.29, 1.82) is 0 Å². The van der Waals surface area contributed by atoms with Gasteiger partial charge in [-0.25, -0.2) is 0 Å². The van der Waals surface area contributed by atoms with E-state index in [-0.39, 0.29) is 12.5 Å². The van der Waals surface area contributed by atoms with Gasteiger partial charge < -0.3 is 10.5 Å². The van der Waals surface area contributed by atoms with Crippen LogP contribution in [0.15, 0.2) is 43.0 Å². The zero-order valence-electron chi connectivity index (χ0n) is 11.3. The van der Waals surface area contributed by atoms with E-state index in [0.717, 1.165) is 5.56 Å². The summed E-state index contributed by atoms with van der Waals surface area (Å²) >= 11 is 0. The molecule has 0 saturated carbocycles. The Bertz CT molecular complexity index is 494. The van der Waals surface area contributed by atoms with Gasteiger partial charge in [0.15, 0.2) is 0 Å². The van der Waals surface area contributed by atoms with Gasteiger partial charge >= 0.3 is 5.97 Å². The molecular weight excluding hydrogens is 238 g/mol. The van der Waals surface area contributed by atoms with Gasteiger partial charge in [-0.2, -0.15) is 0 Å². The molecule has 2 N–H and O–H groups in total. The number of carbonyl (C=O) groups excluding carboxylic acids is 1. The van der Waals surface area contributed by atoms with E-state index in [9.17, 15) is 4.79 Å². The minimum Gasteiger partial charge on any atom is -0.459 e. The Morgan fingerprint density at radius 1 is 1.53 bits per heavy atom. The second kappa shape index (κ2) is 6.77. The van der Waals surface area contributed by atoms with Crippen molar-refractivity contribution in [1.82, 2.24) is 0 Å². The van der Waals surface area contributed by atoms with Gasteiger partial charge in [-0.1, -0.05) is 48.8 Å². The molecule has 0 unspecified atom stereocenters. The molecule has 0 heterocycles. The van der Waals surface area contributed by atoms with Crippen LogP contribution in [-0.2, 0) is 16.1 Å². The summed E-state index contributed by atoms with van der Waals surface area (Å²) in [7, 11) is 0. The van der Waals surface area contributed by atoms with E-state index in [1.807, 2.05) is 30.3 Å². The Morgan fingerprint density at radius 3 is 2.74 bits per heavy atom. The van der Waals surface area contributed by atoms with E-state index in [2.05, 4.69) is 18.4 Å². The number of allylic oxidation sites excluding steroid dienone is 1. The largest absolute Gasteiger partial charge is 0.459 e. The minimum absolute atomic E-state index is 0.216. The maximum Gasteiger partial charge on any atom is 0.327 e. The highest BCUT2D eigenvalue weighted by molar-refractivity contribution is 5.81. The molecule has 1 rings (SSSR count). The molecule has 100 valence electrons. The van der Waals surface area contributed by atoms with Crippen LogP contribution >= 0.6 is 0 Å². The fourth-order valence-corrected chi connectivity index (χ4v) is 1.39. The Kier molecular flexibility index (Phi) is 5.35. The SMILES string of the molecule is C=CC#C[C@@H](C)[C@](C)(N)C(=O)OCc1ccccc1. The first-order valence-electron chi connectivity index (χ1n) is 6.10. The summed E-state index contributed by atoms with van der Waals surface area (Å²) in [6.45, 7) is 7.14. The third-order valence-electron chi connectivity index (χ3n) is 2.95. The monoisotopic (exact) mass is 257 g/mol. The van der Waals surface area contributed by atoms with Crippen molar-refractivity contribution in [3.8, 4) is 11.8 Å². The lowest BCUT2D eigenvalue weighted by Gasteiger charge is -2.25. The minimum atomic E-state index is -1.13. The summed E-state index contributed by atoms with van der Waals surface area (Å²) < 4.78 is 5.24. The molecule has 0 bridgehead atoms. The van der Waals surface area contributed by atoms with Crippen molar-refractivity contribution in [2.24, 2.45) is 11.7 Å². The van der Waals surface area contributed by atoms with Crippen LogP contribution in [0.2, 0.25) is 0 Å². The third-order valence-corrected chi connectivity index (χ3v) is 2.95. The zero-order valence-corrected chi connectivity index (χ0v) is 11.3. The molecular formula is C16H19NO2. The predicted molar refractivity (Wildman–Crippen MR) is 76.0 cm³/mol. The maximum absolute atomic E-state index is 12.0. The normalized spacial score (nSPS) is 14.5. The lowest BCUT2D eigenvalue weighted by Crippen LogP contribution is -2.51. The molecule has 0 aliphatic heterocycles. The van der Waals surface area contributed by atoms with E-state index >= 15 is 0 Å². The summed E-state index contributed by atoms with van der Waals surface area (Å²) in [5.74, 6) is 4.80. The molecule has 0 aliphatic rings. The first-order valence-corrected chi connectivity index (χ1v) is 6.10. The van der Waals surface area contributed by atoms with Crippen LogP contribution in [-0.4, -0.2) is 11.5 Å². The van der Waals surface area contributed by atoms with Crippen LogP contribution in [0.1, 0.15) is 19.4 Å². The van der Waals surface area contributed by atoms with Crippen LogP contribution in [0.25, 0.3) is 0 Å². The number of carbonyl (C=O) groups is 1. The molecule has 0 aromatic heterocycles. The number of rotatable bonds is 4. The van der Waals surface area contributed by atoms with Crippen molar-refractivity contribution in [2.75, 3.05) is 0 Å². The Balaban J connectivity index is 2.63. The highest BCUT2D eigenvalue weighted by atomic mass is 16.5. The topological polar surface area (TPSA) is 52.3 Å². The van der Waals surface area contributed by atoms with Crippen molar-refractivity contribution in [3.63, 3.8) is 0 Å². The van der Waals surface area contributed by atoms with Gasteiger partial charge in [0.25, 0.3) is 0 Å². The lowest BCUT2D eigenvalue weighted by atomic mass is 9.88. The lowest BCUT2D eigenvalue weighted by molar-refractivity contribution is -0.152. The number of esters is 1. The molecule has 2 atom stereocenters. The van der Waals surface area contributed by atoms with Crippen LogP contribution in [0.4, 0.5) is 0 Å². The van der Waals surface area contributed by atoms with Crippen molar-refractivity contribution < 1.29 is 9.53 Å². The second-order valence-corrected chi connectivity index (χ2v) is 4.56. The number of hydrogen-bond acceptors (Lipinski definition) is 3. The summed E-state index contributed by atoms with van der Waals surface area (Å²) in [6, 6.07) is 9.47. The van der Waals surface area contributed by atoms with Gasteiger partial charge in [-0.15, -0.1) is 0 Å². The quantitative estimate of drug-likeness (QED) is 0.665. The Hall–Kier alpha value is -2.05. The third kappa shape index (κ3) is 4.27. The van der Waals surface area contributed by atoms with E-state index in [1.54, 1.807) is 13.8 Å². The van der Waals surface area contributed by atoms with Crippen LogP contribution < -0.4 is 5.73 Å². The number of benzene rings is 1. The Labute approximate surface area is 114 Å². The Morgan fingerprint density at radius 2 is 2.16 bits per heavy atom. The average molecular weight is 257 g/mol. The second-order valence-electron chi connectivity index (χ2n) is 4.56.